The zero-order valence-corrected chi connectivity index (χ0v) is 28.3. The molecule has 0 atom stereocenters. The van der Waals surface area contributed by atoms with Gasteiger partial charge in [0.25, 0.3) is 0 Å². The van der Waals surface area contributed by atoms with Crippen LogP contribution in [0.25, 0.3) is 0 Å². The Labute approximate surface area is 246 Å². The summed E-state index contributed by atoms with van der Waals surface area (Å²) in [6.45, 7) is 19.2. The zero-order valence-electron chi connectivity index (χ0n) is 22.6. The standard InChI is InChI=1S/C27H33Br3N3O3P/c1-25(2,3)16-10-19(28)22(31-13-16)34-37(35-23-20(29)11-17(14-32-23)26(4,5)6)36-24-21(30)12-18(15-33-24)27(7,8)9/h10-15H,1-9H3. The molecule has 0 spiro atoms. The van der Waals surface area contributed by atoms with Crippen LogP contribution >= 0.6 is 56.4 Å². The fourth-order valence-electron chi connectivity index (χ4n) is 2.98. The quantitative estimate of drug-likeness (QED) is 0.237. The SMILES string of the molecule is CC(C)(C)c1cnc(OP(Oc2ncc(C(C)(C)C)cc2Br)Oc2ncc(C(C)(C)C)cc2Br)c(Br)c1. The van der Waals surface area contributed by atoms with Gasteiger partial charge in [0.1, 0.15) is 0 Å². The van der Waals surface area contributed by atoms with Gasteiger partial charge in [-0.15, -0.1) is 0 Å². The summed E-state index contributed by atoms with van der Waals surface area (Å²) in [6, 6.07) is 5.98. The molecule has 0 aromatic carbocycles. The van der Waals surface area contributed by atoms with Crippen LogP contribution in [0.2, 0.25) is 0 Å². The molecule has 37 heavy (non-hydrogen) atoms. The second-order valence-corrected chi connectivity index (χ2v) is 15.3. The summed E-state index contributed by atoms with van der Waals surface area (Å²) in [6.07, 6.45) is 5.39. The molecule has 0 radical (unpaired) electrons. The van der Waals surface area contributed by atoms with Gasteiger partial charge in [0, 0.05) is 18.6 Å². The second-order valence-electron chi connectivity index (χ2n) is 11.8. The van der Waals surface area contributed by atoms with Gasteiger partial charge < -0.3 is 13.6 Å². The maximum absolute atomic E-state index is 6.17. The Kier molecular flexibility index (Phi) is 9.37. The molecule has 3 heterocycles. The second kappa shape index (κ2) is 11.4. The highest BCUT2D eigenvalue weighted by atomic mass is 79.9. The lowest BCUT2D eigenvalue weighted by Crippen LogP contribution is -2.13. The van der Waals surface area contributed by atoms with E-state index in [-0.39, 0.29) is 16.2 Å². The van der Waals surface area contributed by atoms with Crippen molar-refractivity contribution in [3.8, 4) is 17.6 Å². The van der Waals surface area contributed by atoms with Gasteiger partial charge in [-0.1, -0.05) is 62.3 Å². The monoisotopic (exact) mass is 715 g/mol. The third-order valence-electron chi connectivity index (χ3n) is 5.50. The maximum atomic E-state index is 6.17. The predicted octanol–water partition coefficient (Wildman–Crippen LogP) is 9.82. The summed E-state index contributed by atoms with van der Waals surface area (Å²) in [5.74, 6) is 1.05. The minimum absolute atomic E-state index is 0.0566. The molecule has 10 heteroatoms. The minimum atomic E-state index is -2.03. The summed E-state index contributed by atoms with van der Waals surface area (Å²) in [5.41, 5.74) is 3.04. The average molecular weight is 718 g/mol. The predicted molar refractivity (Wildman–Crippen MR) is 161 cm³/mol. The molecule has 0 bridgehead atoms. The van der Waals surface area contributed by atoms with Crippen LogP contribution in [0.15, 0.2) is 50.2 Å². The van der Waals surface area contributed by atoms with Crippen LogP contribution in [0, 0.1) is 0 Å². The van der Waals surface area contributed by atoms with Crippen LogP contribution in [0.3, 0.4) is 0 Å². The van der Waals surface area contributed by atoms with Crippen molar-refractivity contribution in [2.24, 2.45) is 0 Å². The normalized spacial score (nSPS) is 12.6. The molecular formula is C27H33Br3N3O3P. The topological polar surface area (TPSA) is 66.4 Å². The molecule has 3 aromatic heterocycles. The summed E-state index contributed by atoms with van der Waals surface area (Å²) in [4.78, 5) is 13.6. The Balaban J connectivity index is 1.96. The Morgan fingerprint density at radius 3 is 0.946 bits per heavy atom. The molecule has 0 unspecified atom stereocenters. The summed E-state index contributed by atoms with van der Waals surface area (Å²) in [5, 5.41) is 0. The van der Waals surface area contributed by atoms with Crippen molar-refractivity contribution in [3.63, 3.8) is 0 Å². The Morgan fingerprint density at radius 1 is 0.514 bits per heavy atom. The maximum Gasteiger partial charge on any atom is 0.534 e. The molecule has 0 fully saturated rings. The Morgan fingerprint density at radius 2 is 0.757 bits per heavy atom. The van der Waals surface area contributed by atoms with Crippen molar-refractivity contribution >= 4 is 56.4 Å². The highest BCUT2D eigenvalue weighted by Crippen LogP contribution is 2.46. The van der Waals surface area contributed by atoms with Crippen LogP contribution in [-0.4, -0.2) is 15.0 Å². The number of rotatable bonds is 6. The van der Waals surface area contributed by atoms with Crippen molar-refractivity contribution < 1.29 is 13.6 Å². The van der Waals surface area contributed by atoms with Crippen LogP contribution in [0.4, 0.5) is 0 Å². The average Bonchev–Trinajstić information content (AvgIpc) is 2.75. The van der Waals surface area contributed by atoms with Crippen molar-refractivity contribution in [2.75, 3.05) is 0 Å². The molecule has 0 aliphatic carbocycles. The van der Waals surface area contributed by atoms with Crippen LogP contribution in [-0.2, 0) is 16.2 Å². The van der Waals surface area contributed by atoms with Gasteiger partial charge >= 0.3 is 8.60 Å². The van der Waals surface area contributed by atoms with Gasteiger partial charge in [0.2, 0.25) is 17.6 Å². The molecule has 0 amide bonds. The van der Waals surface area contributed by atoms with Crippen molar-refractivity contribution in [2.45, 2.75) is 78.6 Å². The Hall–Kier alpha value is -1.28. The number of aromatic nitrogens is 3. The third kappa shape index (κ3) is 8.11. The van der Waals surface area contributed by atoms with E-state index >= 15 is 0 Å². The summed E-state index contributed by atoms with van der Waals surface area (Å²) >= 11 is 10.8. The van der Waals surface area contributed by atoms with E-state index in [0.29, 0.717) is 31.1 Å². The molecule has 0 aliphatic rings. The van der Waals surface area contributed by atoms with E-state index in [0.717, 1.165) is 16.7 Å². The highest BCUT2D eigenvalue weighted by Gasteiger charge is 2.28. The Bertz CT molecular complexity index is 1110. The van der Waals surface area contributed by atoms with E-state index in [2.05, 4.69) is 125 Å². The molecule has 3 rings (SSSR count). The van der Waals surface area contributed by atoms with E-state index < -0.39 is 8.60 Å². The molecule has 0 saturated carbocycles. The fraction of sp³-hybridized carbons (Fsp3) is 0.444. The number of hydrogen-bond acceptors (Lipinski definition) is 6. The lowest BCUT2D eigenvalue weighted by Gasteiger charge is -2.22. The van der Waals surface area contributed by atoms with Crippen molar-refractivity contribution in [1.29, 1.82) is 0 Å². The third-order valence-corrected chi connectivity index (χ3v) is 8.17. The number of hydrogen-bond donors (Lipinski definition) is 0. The molecule has 6 nitrogen and oxygen atoms in total. The van der Waals surface area contributed by atoms with Crippen LogP contribution in [0.5, 0.6) is 17.6 Å². The molecule has 0 aliphatic heterocycles. The van der Waals surface area contributed by atoms with Crippen LogP contribution < -0.4 is 13.6 Å². The lowest BCUT2D eigenvalue weighted by molar-refractivity contribution is 0.367. The zero-order chi connectivity index (χ0) is 27.8. The number of nitrogens with zero attached hydrogens (tertiary/aromatic N) is 3. The number of pyridine rings is 3. The van der Waals surface area contributed by atoms with Crippen molar-refractivity contribution in [3.05, 3.63) is 66.9 Å². The van der Waals surface area contributed by atoms with Crippen molar-refractivity contribution in [1.82, 2.24) is 15.0 Å². The molecule has 0 N–H and O–H groups in total. The smallest absolute Gasteiger partial charge is 0.389 e. The van der Waals surface area contributed by atoms with E-state index in [4.69, 9.17) is 13.6 Å². The minimum Gasteiger partial charge on any atom is -0.389 e. The molecule has 0 saturated heterocycles. The first-order chi connectivity index (χ1) is 16.9. The summed E-state index contributed by atoms with van der Waals surface area (Å²) in [7, 11) is -2.03. The van der Waals surface area contributed by atoms with Gasteiger partial charge in [-0.3, -0.25) is 0 Å². The first-order valence-electron chi connectivity index (χ1n) is 11.8. The van der Waals surface area contributed by atoms with E-state index in [1.54, 1.807) is 18.6 Å². The van der Waals surface area contributed by atoms with Gasteiger partial charge in [-0.25, -0.2) is 15.0 Å². The van der Waals surface area contributed by atoms with E-state index in [9.17, 15) is 0 Å². The van der Waals surface area contributed by atoms with Gasteiger partial charge in [-0.2, -0.15) is 0 Å². The fourth-order valence-corrected chi connectivity index (χ4v) is 5.61. The van der Waals surface area contributed by atoms with E-state index in [1.807, 2.05) is 18.2 Å². The number of halogens is 3. The van der Waals surface area contributed by atoms with Gasteiger partial charge in [0.05, 0.1) is 13.4 Å². The van der Waals surface area contributed by atoms with Crippen LogP contribution in [0.1, 0.15) is 79.0 Å². The summed E-state index contributed by atoms with van der Waals surface area (Å²) < 4.78 is 20.6. The van der Waals surface area contributed by atoms with Gasteiger partial charge in [0.15, 0.2) is 0 Å². The largest absolute Gasteiger partial charge is 0.534 e. The molecular weight excluding hydrogens is 685 g/mol. The first-order valence-corrected chi connectivity index (χ1v) is 15.2. The van der Waals surface area contributed by atoms with Gasteiger partial charge in [-0.05, 0) is 98.9 Å². The van der Waals surface area contributed by atoms with E-state index in [1.165, 1.54) is 0 Å². The first kappa shape index (κ1) is 30.3. The highest BCUT2D eigenvalue weighted by molar-refractivity contribution is 9.11. The molecule has 200 valence electrons. The molecule has 3 aromatic rings. The lowest BCUT2D eigenvalue weighted by atomic mass is 9.88.